The van der Waals surface area contributed by atoms with Gasteiger partial charge in [0.25, 0.3) is 0 Å². The molecule has 0 bridgehead atoms. The number of benzene rings is 6. The molecular formula is C37H23N5. The normalized spacial score (nSPS) is 11.8. The zero-order valence-corrected chi connectivity index (χ0v) is 22.5. The second-order valence-electron chi connectivity index (χ2n) is 10.5. The van der Waals surface area contributed by atoms with Crippen LogP contribution in [0.1, 0.15) is 0 Å². The molecule has 0 spiro atoms. The standard InChI is InChI=1S/C37H23N5/c1-3-12-25(13-4-1)35-38-36(26-14-5-2-6-15-26)40-37(39-35)42-31-20-10-9-19-30(31)41-29-18-8-7-17-27(29)28-23-22-24-16-11-21-32(42)33(24)34(28)41/h1-23H. The van der Waals surface area contributed by atoms with Crippen molar-refractivity contribution >= 4 is 49.1 Å². The van der Waals surface area contributed by atoms with Gasteiger partial charge in [-0.1, -0.05) is 115 Å². The van der Waals surface area contributed by atoms with Gasteiger partial charge in [0.2, 0.25) is 5.95 Å². The number of hydrogen-bond acceptors (Lipinski definition) is 3. The minimum Gasteiger partial charge on any atom is -0.306 e. The lowest BCUT2D eigenvalue weighted by molar-refractivity contribution is 0.950. The van der Waals surface area contributed by atoms with Crippen molar-refractivity contribution in [2.75, 3.05) is 0 Å². The molecule has 0 amide bonds. The van der Waals surface area contributed by atoms with Crippen molar-refractivity contribution in [1.29, 1.82) is 0 Å². The summed E-state index contributed by atoms with van der Waals surface area (Å²) in [5.41, 5.74) is 7.38. The van der Waals surface area contributed by atoms with E-state index in [1.807, 2.05) is 60.7 Å². The fourth-order valence-electron chi connectivity index (χ4n) is 6.33. The molecule has 3 heterocycles. The van der Waals surface area contributed by atoms with Crippen LogP contribution in [0.4, 0.5) is 0 Å². The average molecular weight is 538 g/mol. The van der Waals surface area contributed by atoms with Crippen LogP contribution in [-0.4, -0.2) is 23.9 Å². The summed E-state index contributed by atoms with van der Waals surface area (Å²) in [5, 5.41) is 4.81. The molecule has 0 fully saturated rings. The lowest BCUT2D eigenvalue weighted by atomic mass is 10.0. The maximum absolute atomic E-state index is 5.15. The molecule has 5 nitrogen and oxygen atoms in total. The topological polar surface area (TPSA) is 48.0 Å². The SMILES string of the molecule is c1ccc(-c2nc(-c3ccccc3)nc(-n3c4cccc5ccc6c7ccccc7n(c7ccccc73)c6c54)n2)cc1. The van der Waals surface area contributed by atoms with E-state index < -0.39 is 0 Å². The Morgan fingerprint density at radius 2 is 1.00 bits per heavy atom. The van der Waals surface area contributed by atoms with E-state index in [1.165, 1.54) is 32.6 Å². The van der Waals surface area contributed by atoms with Gasteiger partial charge in [0.1, 0.15) is 0 Å². The lowest BCUT2D eigenvalue weighted by Gasteiger charge is -2.13. The molecule has 0 aliphatic carbocycles. The minimum atomic E-state index is 0.578. The van der Waals surface area contributed by atoms with Crippen LogP contribution in [0.25, 0.3) is 77.9 Å². The van der Waals surface area contributed by atoms with Crippen LogP contribution in [-0.2, 0) is 0 Å². The summed E-state index contributed by atoms with van der Waals surface area (Å²) in [4.78, 5) is 15.2. The molecule has 5 heteroatoms. The third-order valence-electron chi connectivity index (χ3n) is 8.15. The first-order valence-corrected chi connectivity index (χ1v) is 14.1. The van der Waals surface area contributed by atoms with Gasteiger partial charge in [0.05, 0.1) is 27.6 Å². The highest BCUT2D eigenvalue weighted by molar-refractivity contribution is 6.23. The Bertz CT molecular complexity index is 2380. The second kappa shape index (κ2) is 8.85. The van der Waals surface area contributed by atoms with E-state index in [4.69, 9.17) is 15.0 Å². The largest absolute Gasteiger partial charge is 0.306 e. The fraction of sp³-hybridized carbons (Fsp3) is 0. The van der Waals surface area contributed by atoms with Gasteiger partial charge in [0.15, 0.2) is 11.6 Å². The van der Waals surface area contributed by atoms with Crippen LogP contribution in [0.2, 0.25) is 0 Å². The van der Waals surface area contributed by atoms with Gasteiger partial charge in [-0.15, -0.1) is 0 Å². The number of aromatic nitrogens is 5. The van der Waals surface area contributed by atoms with Gasteiger partial charge >= 0.3 is 0 Å². The molecule has 42 heavy (non-hydrogen) atoms. The zero-order chi connectivity index (χ0) is 27.6. The Labute approximate surface area is 241 Å². The van der Waals surface area contributed by atoms with Crippen molar-refractivity contribution in [3.8, 4) is 28.7 Å². The van der Waals surface area contributed by atoms with E-state index in [9.17, 15) is 0 Å². The average Bonchev–Trinajstić information content (AvgIpc) is 3.33. The van der Waals surface area contributed by atoms with Gasteiger partial charge in [-0.05, 0) is 29.7 Å². The molecule has 0 aliphatic rings. The van der Waals surface area contributed by atoms with E-state index in [1.54, 1.807) is 0 Å². The number of hydrogen-bond donors (Lipinski definition) is 0. The number of para-hydroxylation sites is 3. The summed E-state index contributed by atoms with van der Waals surface area (Å²) >= 11 is 0. The molecule has 0 saturated heterocycles. The molecule has 3 aromatic heterocycles. The van der Waals surface area contributed by atoms with E-state index in [-0.39, 0.29) is 0 Å². The summed E-state index contributed by atoms with van der Waals surface area (Å²) in [6.07, 6.45) is 0. The first-order chi connectivity index (χ1) is 20.8. The first-order valence-electron chi connectivity index (χ1n) is 14.1. The van der Waals surface area contributed by atoms with Crippen molar-refractivity contribution in [2.24, 2.45) is 0 Å². The Morgan fingerprint density at radius 1 is 0.405 bits per heavy atom. The molecule has 0 unspecified atom stereocenters. The van der Waals surface area contributed by atoms with E-state index in [0.717, 1.165) is 27.7 Å². The van der Waals surface area contributed by atoms with Crippen molar-refractivity contribution in [1.82, 2.24) is 23.9 Å². The number of nitrogens with zero attached hydrogens (tertiary/aromatic N) is 5. The molecule has 196 valence electrons. The molecule has 6 aromatic carbocycles. The molecular weight excluding hydrogens is 514 g/mol. The fourth-order valence-corrected chi connectivity index (χ4v) is 6.33. The predicted octanol–water partition coefficient (Wildman–Crippen LogP) is 8.86. The van der Waals surface area contributed by atoms with Crippen LogP contribution in [0, 0.1) is 0 Å². The van der Waals surface area contributed by atoms with E-state index >= 15 is 0 Å². The van der Waals surface area contributed by atoms with Crippen molar-refractivity contribution in [3.63, 3.8) is 0 Å². The summed E-state index contributed by atoms with van der Waals surface area (Å²) in [7, 11) is 0. The molecule has 9 rings (SSSR count). The van der Waals surface area contributed by atoms with Crippen LogP contribution >= 0.6 is 0 Å². The van der Waals surface area contributed by atoms with Gasteiger partial charge in [-0.25, -0.2) is 4.98 Å². The maximum atomic E-state index is 5.15. The van der Waals surface area contributed by atoms with Gasteiger partial charge in [-0.2, -0.15) is 9.97 Å². The van der Waals surface area contributed by atoms with Crippen molar-refractivity contribution in [3.05, 3.63) is 140 Å². The Balaban J connectivity index is 1.52. The summed E-state index contributed by atoms with van der Waals surface area (Å²) < 4.78 is 4.61. The molecule has 0 aliphatic heterocycles. The second-order valence-corrected chi connectivity index (χ2v) is 10.5. The smallest absolute Gasteiger partial charge is 0.238 e. The third kappa shape index (κ3) is 3.28. The highest BCUT2D eigenvalue weighted by Gasteiger charge is 2.20. The van der Waals surface area contributed by atoms with Crippen LogP contribution in [0.15, 0.2) is 140 Å². The van der Waals surface area contributed by atoms with Crippen LogP contribution < -0.4 is 0 Å². The summed E-state index contributed by atoms with van der Waals surface area (Å²) in [6, 6.07) is 48.4. The quantitative estimate of drug-likeness (QED) is 0.226. The minimum absolute atomic E-state index is 0.578. The molecule has 0 radical (unpaired) electrons. The predicted molar refractivity (Wildman–Crippen MR) is 171 cm³/mol. The maximum Gasteiger partial charge on any atom is 0.238 e. The Kier molecular flexibility index (Phi) is 4.83. The summed E-state index contributed by atoms with van der Waals surface area (Å²) in [5.74, 6) is 1.85. The monoisotopic (exact) mass is 537 g/mol. The zero-order valence-electron chi connectivity index (χ0n) is 22.5. The molecule has 0 saturated carbocycles. The Hall–Kier alpha value is -5.81. The molecule has 0 N–H and O–H groups in total. The summed E-state index contributed by atoms with van der Waals surface area (Å²) in [6.45, 7) is 0. The van der Waals surface area contributed by atoms with Gasteiger partial charge < -0.3 is 4.40 Å². The molecule has 0 atom stereocenters. The Morgan fingerprint density at radius 3 is 1.71 bits per heavy atom. The highest BCUT2D eigenvalue weighted by atomic mass is 15.2. The third-order valence-corrected chi connectivity index (χ3v) is 8.15. The highest BCUT2D eigenvalue weighted by Crippen LogP contribution is 2.39. The van der Waals surface area contributed by atoms with E-state index in [0.29, 0.717) is 17.6 Å². The first kappa shape index (κ1) is 22.9. The van der Waals surface area contributed by atoms with E-state index in [2.05, 4.69) is 87.8 Å². The number of rotatable bonds is 3. The van der Waals surface area contributed by atoms with Gasteiger partial charge in [0, 0.05) is 27.3 Å². The van der Waals surface area contributed by atoms with Crippen LogP contribution in [0.3, 0.4) is 0 Å². The lowest BCUT2D eigenvalue weighted by Crippen LogP contribution is -2.07. The van der Waals surface area contributed by atoms with Crippen LogP contribution in [0.5, 0.6) is 0 Å². The van der Waals surface area contributed by atoms with Crippen molar-refractivity contribution in [2.45, 2.75) is 0 Å². The van der Waals surface area contributed by atoms with Gasteiger partial charge in [-0.3, -0.25) is 4.57 Å². The number of fused-ring (bicyclic) bond motifs is 5. The van der Waals surface area contributed by atoms with Crippen molar-refractivity contribution < 1.29 is 0 Å². The molecule has 9 aromatic rings.